The fraction of sp³-hybridized carbons (Fsp3) is 0. The summed E-state index contributed by atoms with van der Waals surface area (Å²) in [6.07, 6.45) is 0. The van der Waals surface area contributed by atoms with Crippen LogP contribution >= 0.6 is 11.6 Å². The van der Waals surface area contributed by atoms with Gasteiger partial charge in [-0.15, -0.1) is 0 Å². The highest BCUT2D eigenvalue weighted by molar-refractivity contribution is 6.30. The second-order valence-corrected chi connectivity index (χ2v) is 4.29. The number of nitrogens with one attached hydrogen (secondary N) is 1. The van der Waals surface area contributed by atoms with Crippen LogP contribution in [0.1, 0.15) is 11.1 Å². The van der Waals surface area contributed by atoms with E-state index < -0.39 is 17.3 Å². The molecule has 0 radical (unpaired) electrons. The van der Waals surface area contributed by atoms with Gasteiger partial charge in [0.2, 0.25) is 0 Å². The lowest BCUT2D eigenvalue weighted by atomic mass is 10.1. The van der Waals surface area contributed by atoms with Gasteiger partial charge in [0.25, 0.3) is 0 Å². The molecule has 0 atom stereocenters. The first kappa shape index (κ1) is 13.8. The maximum atomic E-state index is 13.8. The lowest BCUT2D eigenvalue weighted by Crippen LogP contribution is -2.00. The number of hydrogen-bond donors (Lipinski definition) is 1. The number of rotatable bonds is 2. The highest BCUT2D eigenvalue weighted by atomic mass is 35.5. The van der Waals surface area contributed by atoms with E-state index in [1.54, 1.807) is 6.07 Å². The molecule has 2 aromatic rings. The third kappa shape index (κ3) is 2.69. The minimum atomic E-state index is -0.926. The van der Waals surface area contributed by atoms with Gasteiger partial charge in [-0.3, -0.25) is 0 Å². The van der Waals surface area contributed by atoms with E-state index in [4.69, 9.17) is 22.1 Å². The average molecular weight is 290 g/mol. The Hall–Kier alpha value is -2.63. The van der Waals surface area contributed by atoms with Crippen LogP contribution in [0.4, 0.5) is 20.2 Å². The van der Waals surface area contributed by atoms with Crippen LogP contribution < -0.4 is 5.32 Å². The summed E-state index contributed by atoms with van der Waals surface area (Å²) in [5, 5.41) is 20.4. The Labute approximate surface area is 118 Å². The molecule has 0 heterocycles. The molecule has 0 spiro atoms. The minimum absolute atomic E-state index is 0.128. The molecule has 0 amide bonds. The van der Waals surface area contributed by atoms with Crippen molar-refractivity contribution in [2.45, 2.75) is 0 Å². The molecule has 2 aromatic carbocycles. The van der Waals surface area contributed by atoms with Gasteiger partial charge in [-0.25, -0.2) is 8.78 Å². The topological polar surface area (TPSA) is 59.6 Å². The van der Waals surface area contributed by atoms with Crippen LogP contribution in [0.3, 0.4) is 0 Å². The summed E-state index contributed by atoms with van der Waals surface area (Å²) in [5.74, 6) is -1.85. The molecule has 98 valence electrons. The summed E-state index contributed by atoms with van der Waals surface area (Å²) in [7, 11) is 0. The zero-order valence-corrected chi connectivity index (χ0v) is 10.7. The first-order valence-electron chi connectivity index (χ1n) is 5.41. The van der Waals surface area contributed by atoms with Crippen molar-refractivity contribution in [1.29, 1.82) is 10.5 Å². The molecule has 0 aliphatic rings. The first-order valence-corrected chi connectivity index (χ1v) is 5.78. The predicted octanol–water partition coefficient (Wildman–Crippen LogP) is 4.11. The van der Waals surface area contributed by atoms with Crippen molar-refractivity contribution in [3.05, 3.63) is 58.1 Å². The normalized spacial score (nSPS) is 9.65. The van der Waals surface area contributed by atoms with E-state index in [9.17, 15) is 8.78 Å². The summed E-state index contributed by atoms with van der Waals surface area (Å²) >= 11 is 5.79. The summed E-state index contributed by atoms with van der Waals surface area (Å²) in [5.41, 5.74) is -0.194. The molecule has 0 aliphatic heterocycles. The number of halogens is 3. The third-order valence-electron chi connectivity index (χ3n) is 2.53. The van der Waals surface area contributed by atoms with Gasteiger partial charge < -0.3 is 5.32 Å². The van der Waals surface area contributed by atoms with Crippen LogP contribution in [-0.2, 0) is 0 Å². The Morgan fingerprint density at radius 2 is 1.65 bits per heavy atom. The quantitative estimate of drug-likeness (QED) is 0.905. The van der Waals surface area contributed by atoms with Crippen LogP contribution in [0, 0.1) is 34.3 Å². The smallest absolute Gasteiger partial charge is 0.150 e. The van der Waals surface area contributed by atoms with Gasteiger partial charge in [0.05, 0.1) is 22.9 Å². The molecule has 2 rings (SSSR count). The van der Waals surface area contributed by atoms with Gasteiger partial charge in [-0.1, -0.05) is 11.6 Å². The van der Waals surface area contributed by atoms with Gasteiger partial charge in [-0.05, 0) is 30.3 Å². The monoisotopic (exact) mass is 289 g/mol. The number of benzene rings is 2. The van der Waals surface area contributed by atoms with Crippen molar-refractivity contribution < 1.29 is 8.78 Å². The molecule has 0 aliphatic carbocycles. The molecule has 0 aromatic heterocycles. The Morgan fingerprint density at radius 1 is 1.00 bits per heavy atom. The molecule has 0 saturated heterocycles. The van der Waals surface area contributed by atoms with Crippen molar-refractivity contribution in [2.24, 2.45) is 0 Å². The first-order chi connectivity index (χ1) is 9.55. The van der Waals surface area contributed by atoms with Gasteiger partial charge in [0.15, 0.2) is 11.6 Å². The molecule has 0 fully saturated rings. The summed E-state index contributed by atoms with van der Waals surface area (Å²) in [4.78, 5) is 0. The Balaban J connectivity index is 2.49. The molecule has 0 unspecified atom stereocenters. The maximum Gasteiger partial charge on any atom is 0.150 e. The Kier molecular flexibility index (Phi) is 3.84. The fourth-order valence-corrected chi connectivity index (χ4v) is 1.78. The van der Waals surface area contributed by atoms with Gasteiger partial charge in [0.1, 0.15) is 11.8 Å². The van der Waals surface area contributed by atoms with Crippen LogP contribution in [-0.4, -0.2) is 0 Å². The second kappa shape index (κ2) is 5.56. The van der Waals surface area contributed by atoms with E-state index in [0.717, 1.165) is 12.1 Å². The van der Waals surface area contributed by atoms with E-state index >= 15 is 0 Å². The summed E-state index contributed by atoms with van der Waals surface area (Å²) in [6, 6.07) is 9.66. The summed E-state index contributed by atoms with van der Waals surface area (Å²) < 4.78 is 27.5. The largest absolute Gasteiger partial charge is 0.350 e. The third-order valence-corrected chi connectivity index (χ3v) is 2.77. The van der Waals surface area contributed by atoms with Crippen molar-refractivity contribution in [1.82, 2.24) is 0 Å². The van der Waals surface area contributed by atoms with Crippen molar-refractivity contribution in [3.63, 3.8) is 0 Å². The Morgan fingerprint density at radius 3 is 2.20 bits per heavy atom. The molecule has 3 nitrogen and oxygen atoms in total. The molecule has 20 heavy (non-hydrogen) atoms. The molecule has 0 bridgehead atoms. The fourth-order valence-electron chi connectivity index (χ4n) is 1.61. The van der Waals surface area contributed by atoms with Crippen LogP contribution in [0.5, 0.6) is 0 Å². The van der Waals surface area contributed by atoms with Gasteiger partial charge >= 0.3 is 0 Å². The highest BCUT2D eigenvalue weighted by Gasteiger charge is 2.13. The van der Waals surface area contributed by atoms with E-state index in [-0.39, 0.29) is 16.8 Å². The molecule has 1 N–H and O–H groups in total. The highest BCUT2D eigenvalue weighted by Crippen LogP contribution is 2.28. The molecule has 6 heteroatoms. The molecule has 0 saturated carbocycles. The van der Waals surface area contributed by atoms with E-state index in [1.807, 2.05) is 6.07 Å². The lowest BCUT2D eigenvalue weighted by molar-refractivity contribution is 0.590. The number of hydrogen-bond acceptors (Lipinski definition) is 3. The molecular formula is C14H6ClF2N3. The van der Waals surface area contributed by atoms with Crippen molar-refractivity contribution >= 4 is 23.0 Å². The predicted molar refractivity (Wildman–Crippen MR) is 70.5 cm³/mol. The maximum absolute atomic E-state index is 13.8. The Bertz CT molecular complexity index is 737. The standard InChI is InChI=1S/C14H6ClF2N3/c15-10-2-1-9(7-19)13(5-10)20-14-11(16)3-8(6-18)4-12(14)17/h1-5,20H. The van der Waals surface area contributed by atoms with E-state index in [0.29, 0.717) is 5.02 Å². The van der Waals surface area contributed by atoms with Crippen molar-refractivity contribution in [3.8, 4) is 12.1 Å². The zero-order chi connectivity index (χ0) is 14.7. The van der Waals surface area contributed by atoms with Gasteiger partial charge in [0, 0.05) is 5.02 Å². The second-order valence-electron chi connectivity index (χ2n) is 3.85. The van der Waals surface area contributed by atoms with Crippen LogP contribution in [0.25, 0.3) is 0 Å². The number of nitrogens with zero attached hydrogens (tertiary/aromatic N) is 2. The van der Waals surface area contributed by atoms with E-state index in [1.165, 1.54) is 18.2 Å². The average Bonchev–Trinajstić information content (AvgIpc) is 2.42. The summed E-state index contributed by atoms with van der Waals surface area (Å²) in [6.45, 7) is 0. The SMILES string of the molecule is N#Cc1cc(F)c(Nc2cc(Cl)ccc2C#N)c(F)c1. The lowest BCUT2D eigenvalue weighted by Gasteiger charge is -2.11. The van der Waals surface area contributed by atoms with Crippen LogP contribution in [0.2, 0.25) is 5.02 Å². The zero-order valence-electron chi connectivity index (χ0n) is 9.92. The van der Waals surface area contributed by atoms with Crippen LogP contribution in [0.15, 0.2) is 30.3 Å². The number of nitriles is 2. The van der Waals surface area contributed by atoms with E-state index in [2.05, 4.69) is 5.32 Å². The van der Waals surface area contributed by atoms with Gasteiger partial charge in [-0.2, -0.15) is 10.5 Å². The molecular weight excluding hydrogens is 284 g/mol. The minimum Gasteiger partial charge on any atom is -0.350 e. The number of anilines is 2. The van der Waals surface area contributed by atoms with Crippen molar-refractivity contribution in [2.75, 3.05) is 5.32 Å².